The molecule has 4 N–H and O–H groups in total. The lowest BCUT2D eigenvalue weighted by Gasteiger charge is -2.32. The number of hydrogen-bond donors (Lipinski definition) is 2. The fourth-order valence-electron chi connectivity index (χ4n) is 4.15. The monoisotopic (exact) mass is 447 g/mol. The Hall–Kier alpha value is -3.42. The zero-order valence-electron chi connectivity index (χ0n) is 17.7. The topological polar surface area (TPSA) is 106 Å². The highest BCUT2D eigenvalue weighted by Gasteiger charge is 2.36. The summed E-state index contributed by atoms with van der Waals surface area (Å²) in [6.07, 6.45) is 0.0988. The van der Waals surface area contributed by atoms with Gasteiger partial charge in [0.05, 0.1) is 10.6 Å². The summed E-state index contributed by atoms with van der Waals surface area (Å²) in [5.74, 6) is -0.747. The van der Waals surface area contributed by atoms with E-state index in [0.717, 1.165) is 20.6 Å². The lowest BCUT2D eigenvalue weighted by Crippen LogP contribution is -2.49. The van der Waals surface area contributed by atoms with E-state index in [-0.39, 0.29) is 17.9 Å². The minimum absolute atomic E-state index is 0.0988. The van der Waals surface area contributed by atoms with Gasteiger partial charge in [-0.05, 0) is 48.4 Å². The predicted octanol–water partition coefficient (Wildman–Crippen LogP) is 3.70. The molecule has 1 atom stereocenters. The van der Waals surface area contributed by atoms with Crippen molar-refractivity contribution in [3.8, 4) is 0 Å². The molecule has 0 aliphatic carbocycles. The van der Waals surface area contributed by atoms with Crippen molar-refractivity contribution in [1.82, 2.24) is 0 Å². The summed E-state index contributed by atoms with van der Waals surface area (Å²) in [6, 6.07) is 22.4. The third kappa shape index (κ3) is 3.70. The fourth-order valence-corrected chi connectivity index (χ4v) is 6.02. The molecule has 1 amide bonds. The number of nitrogens with zero attached hydrogens (tertiary/aromatic N) is 1. The third-order valence-corrected chi connectivity index (χ3v) is 7.58. The van der Waals surface area contributed by atoms with Crippen LogP contribution >= 0.6 is 0 Å². The second-order valence-corrected chi connectivity index (χ2v) is 9.50. The van der Waals surface area contributed by atoms with E-state index in [9.17, 15) is 13.2 Å². The maximum absolute atomic E-state index is 14.2. The van der Waals surface area contributed by atoms with Crippen molar-refractivity contribution < 1.29 is 13.2 Å². The fraction of sp³-hybridized carbons (Fsp3) is 0.160. The number of carbonyl (C=O) groups is 1. The van der Waals surface area contributed by atoms with Crippen molar-refractivity contribution in [1.29, 1.82) is 0 Å². The molecule has 0 bridgehead atoms. The number of benzene rings is 4. The van der Waals surface area contributed by atoms with Crippen LogP contribution in [-0.4, -0.2) is 26.9 Å². The van der Waals surface area contributed by atoms with E-state index in [0.29, 0.717) is 16.5 Å². The van der Waals surface area contributed by atoms with E-state index < -0.39 is 22.0 Å². The Labute approximate surface area is 187 Å². The van der Waals surface area contributed by atoms with Gasteiger partial charge < -0.3 is 11.5 Å². The van der Waals surface area contributed by atoms with Crippen LogP contribution in [-0.2, 0) is 14.8 Å². The maximum atomic E-state index is 14.2. The Bertz CT molecular complexity index is 1410. The molecular weight excluding hydrogens is 422 g/mol. The largest absolute Gasteiger partial charge is 0.368 e. The normalized spacial score (nSPS) is 12.7. The van der Waals surface area contributed by atoms with Crippen LogP contribution in [0.25, 0.3) is 21.5 Å². The summed E-state index contributed by atoms with van der Waals surface area (Å²) in [6.45, 7) is 2.04. The van der Waals surface area contributed by atoms with Crippen molar-refractivity contribution in [2.45, 2.75) is 24.3 Å². The highest BCUT2D eigenvalue weighted by molar-refractivity contribution is 7.93. The Balaban J connectivity index is 2.05. The van der Waals surface area contributed by atoms with E-state index in [2.05, 4.69) is 0 Å². The first kappa shape index (κ1) is 21.8. The number of aryl methyl sites for hydroxylation is 1. The average molecular weight is 448 g/mol. The van der Waals surface area contributed by atoms with Crippen molar-refractivity contribution >= 4 is 43.2 Å². The van der Waals surface area contributed by atoms with Gasteiger partial charge in [0.25, 0.3) is 10.0 Å². The molecule has 32 heavy (non-hydrogen) atoms. The van der Waals surface area contributed by atoms with E-state index >= 15 is 0 Å². The number of amides is 1. The van der Waals surface area contributed by atoms with Crippen LogP contribution < -0.4 is 15.8 Å². The average Bonchev–Trinajstić information content (AvgIpc) is 2.79. The minimum Gasteiger partial charge on any atom is -0.368 e. The third-order valence-electron chi connectivity index (χ3n) is 5.69. The van der Waals surface area contributed by atoms with Crippen molar-refractivity contribution in [2.24, 2.45) is 11.5 Å². The van der Waals surface area contributed by atoms with Gasteiger partial charge in [-0.25, -0.2) is 8.42 Å². The van der Waals surface area contributed by atoms with E-state index in [1.807, 2.05) is 49.4 Å². The molecule has 6 nitrogen and oxygen atoms in total. The van der Waals surface area contributed by atoms with Gasteiger partial charge in [-0.1, -0.05) is 66.7 Å². The molecule has 4 rings (SSSR count). The number of primary amides is 1. The molecule has 0 unspecified atom stereocenters. The SMILES string of the molecule is Cc1ccc(S(=O)(=O)N(c2cccc3ccccc23)[C@@H](CCN)C(N)=O)c2ccccc12. The van der Waals surface area contributed by atoms with Gasteiger partial charge in [0.15, 0.2) is 0 Å². The summed E-state index contributed by atoms with van der Waals surface area (Å²) >= 11 is 0. The number of anilines is 1. The lowest BCUT2D eigenvalue weighted by atomic mass is 10.1. The molecule has 0 saturated heterocycles. The van der Waals surface area contributed by atoms with Gasteiger partial charge >= 0.3 is 0 Å². The van der Waals surface area contributed by atoms with Crippen molar-refractivity contribution in [3.05, 3.63) is 84.4 Å². The Morgan fingerprint density at radius 3 is 2.19 bits per heavy atom. The van der Waals surface area contributed by atoms with Gasteiger partial charge in [0.2, 0.25) is 5.91 Å². The van der Waals surface area contributed by atoms with E-state index in [4.69, 9.17) is 11.5 Å². The van der Waals surface area contributed by atoms with Gasteiger partial charge in [-0.2, -0.15) is 0 Å². The summed E-state index contributed by atoms with van der Waals surface area (Å²) < 4.78 is 29.6. The number of hydrogen-bond acceptors (Lipinski definition) is 4. The Morgan fingerprint density at radius 1 is 0.875 bits per heavy atom. The second-order valence-electron chi connectivity index (χ2n) is 7.72. The molecule has 4 aromatic carbocycles. The van der Waals surface area contributed by atoms with Crippen molar-refractivity contribution in [2.75, 3.05) is 10.8 Å². The number of nitrogens with two attached hydrogens (primary N) is 2. The van der Waals surface area contributed by atoms with Gasteiger partial charge in [0.1, 0.15) is 6.04 Å². The van der Waals surface area contributed by atoms with Crippen LogP contribution in [0.15, 0.2) is 83.8 Å². The van der Waals surface area contributed by atoms with Crippen LogP contribution in [0.2, 0.25) is 0 Å². The Morgan fingerprint density at radius 2 is 1.50 bits per heavy atom. The minimum atomic E-state index is -4.18. The highest BCUT2D eigenvalue weighted by atomic mass is 32.2. The first-order valence-electron chi connectivity index (χ1n) is 10.4. The molecule has 0 saturated carbocycles. The first-order chi connectivity index (χ1) is 15.4. The van der Waals surface area contributed by atoms with Crippen LogP contribution in [0.4, 0.5) is 5.69 Å². The van der Waals surface area contributed by atoms with E-state index in [1.54, 1.807) is 36.4 Å². The van der Waals surface area contributed by atoms with Crippen LogP contribution in [0.5, 0.6) is 0 Å². The lowest BCUT2D eigenvalue weighted by molar-refractivity contribution is -0.119. The number of rotatable bonds is 7. The molecule has 0 fully saturated rings. The smallest absolute Gasteiger partial charge is 0.265 e. The molecule has 164 valence electrons. The zero-order chi connectivity index (χ0) is 22.9. The van der Waals surface area contributed by atoms with Gasteiger partial charge in [0, 0.05) is 10.8 Å². The van der Waals surface area contributed by atoms with Gasteiger partial charge in [-0.3, -0.25) is 9.10 Å². The predicted molar refractivity (Wildman–Crippen MR) is 129 cm³/mol. The summed E-state index contributed by atoms with van der Waals surface area (Å²) in [7, 11) is -4.18. The maximum Gasteiger partial charge on any atom is 0.265 e. The number of fused-ring (bicyclic) bond motifs is 2. The number of sulfonamides is 1. The summed E-state index contributed by atoms with van der Waals surface area (Å²) in [5.41, 5.74) is 12.8. The molecule has 0 aliphatic heterocycles. The number of carbonyl (C=O) groups excluding carboxylic acids is 1. The first-order valence-corrected chi connectivity index (χ1v) is 11.8. The van der Waals surface area contributed by atoms with Crippen molar-refractivity contribution in [3.63, 3.8) is 0 Å². The van der Waals surface area contributed by atoms with E-state index in [1.165, 1.54) is 0 Å². The zero-order valence-corrected chi connectivity index (χ0v) is 18.5. The summed E-state index contributed by atoms with van der Waals surface area (Å²) in [4.78, 5) is 12.6. The standard InChI is InChI=1S/C25H25N3O3S/c1-17-13-14-24(21-11-5-4-9-19(17)21)32(30,31)28(23(15-16-26)25(27)29)22-12-6-8-18-7-2-3-10-20(18)22/h2-14,23H,15-16,26H2,1H3,(H2,27,29)/t23-/m0/s1. The molecule has 0 heterocycles. The van der Waals surface area contributed by atoms with Gasteiger partial charge in [-0.15, -0.1) is 0 Å². The molecule has 0 aromatic heterocycles. The summed E-state index contributed by atoms with van der Waals surface area (Å²) in [5, 5.41) is 2.99. The highest BCUT2D eigenvalue weighted by Crippen LogP contribution is 2.36. The quantitative estimate of drug-likeness (QED) is 0.450. The van der Waals surface area contributed by atoms with Crippen LogP contribution in [0.1, 0.15) is 12.0 Å². The van der Waals surface area contributed by atoms with Crippen LogP contribution in [0.3, 0.4) is 0 Å². The molecule has 7 heteroatoms. The molecule has 0 radical (unpaired) electrons. The second kappa shape index (κ2) is 8.61. The molecular formula is C25H25N3O3S. The molecule has 0 aliphatic rings. The molecule has 4 aromatic rings. The Kier molecular flexibility index (Phi) is 5.86. The molecule has 0 spiro atoms. The van der Waals surface area contributed by atoms with Crippen LogP contribution in [0, 0.1) is 6.92 Å².